The second-order valence-electron chi connectivity index (χ2n) is 8.41. The highest BCUT2D eigenvalue weighted by molar-refractivity contribution is 6.23. The monoisotopic (exact) mass is 426 g/mol. The van der Waals surface area contributed by atoms with E-state index in [2.05, 4.69) is 0 Å². The van der Waals surface area contributed by atoms with Gasteiger partial charge in [0.2, 0.25) is 5.91 Å². The Kier molecular flexibility index (Phi) is 5.91. The lowest BCUT2D eigenvalue weighted by Gasteiger charge is -2.28. The van der Waals surface area contributed by atoms with Gasteiger partial charge in [-0.05, 0) is 50.6 Å². The van der Waals surface area contributed by atoms with Crippen LogP contribution in [0.4, 0.5) is 5.69 Å². The highest BCUT2D eigenvalue weighted by Gasteiger charge is 2.44. The second kappa shape index (κ2) is 8.79. The summed E-state index contributed by atoms with van der Waals surface area (Å²) < 4.78 is 0. The molecule has 162 valence electrons. The van der Waals surface area contributed by atoms with E-state index in [0.717, 1.165) is 22.3 Å². The van der Waals surface area contributed by atoms with Crippen molar-refractivity contribution in [3.05, 3.63) is 101 Å². The number of rotatable bonds is 5. The first-order valence-corrected chi connectivity index (χ1v) is 10.7. The molecule has 0 spiro atoms. The number of anilines is 1. The summed E-state index contributed by atoms with van der Waals surface area (Å²) in [6, 6.07) is 21.5. The van der Waals surface area contributed by atoms with E-state index in [0.29, 0.717) is 11.3 Å². The third-order valence-corrected chi connectivity index (χ3v) is 5.82. The van der Waals surface area contributed by atoms with Gasteiger partial charge in [0.25, 0.3) is 11.8 Å². The summed E-state index contributed by atoms with van der Waals surface area (Å²) in [5, 5.41) is 0. The molecule has 0 bridgehead atoms. The quantitative estimate of drug-likeness (QED) is 0.561. The average molecular weight is 427 g/mol. The van der Waals surface area contributed by atoms with Gasteiger partial charge in [-0.3, -0.25) is 14.4 Å². The van der Waals surface area contributed by atoms with Crippen molar-refractivity contribution in [2.24, 2.45) is 0 Å². The normalized spacial score (nSPS) is 15.8. The molecule has 3 amide bonds. The number of benzene rings is 3. The molecule has 4 rings (SSSR count). The van der Waals surface area contributed by atoms with Crippen LogP contribution in [0.15, 0.2) is 72.8 Å². The lowest BCUT2D eigenvalue weighted by molar-refractivity contribution is -0.122. The van der Waals surface area contributed by atoms with Crippen molar-refractivity contribution in [2.45, 2.75) is 39.8 Å². The Hall–Kier alpha value is -3.73. The molecule has 0 aliphatic carbocycles. The van der Waals surface area contributed by atoms with Crippen molar-refractivity contribution in [3.8, 4) is 0 Å². The predicted molar refractivity (Wildman–Crippen MR) is 124 cm³/mol. The number of amides is 3. The van der Waals surface area contributed by atoms with Crippen LogP contribution in [-0.4, -0.2) is 28.7 Å². The maximum atomic E-state index is 13.5. The molecule has 1 unspecified atom stereocenters. The SMILES string of the molecule is Cc1ccc(CN(C(=O)c2ccc(C)cc2)C2CC(=O)N(c3ccc(C)cc3)C2=O)cc1. The van der Waals surface area contributed by atoms with Crippen LogP contribution >= 0.6 is 0 Å². The van der Waals surface area contributed by atoms with Gasteiger partial charge in [-0.15, -0.1) is 0 Å². The van der Waals surface area contributed by atoms with E-state index < -0.39 is 6.04 Å². The van der Waals surface area contributed by atoms with Gasteiger partial charge < -0.3 is 4.90 Å². The first-order valence-electron chi connectivity index (χ1n) is 10.7. The fourth-order valence-electron chi connectivity index (χ4n) is 3.90. The van der Waals surface area contributed by atoms with Gasteiger partial charge in [0.1, 0.15) is 6.04 Å². The molecular weight excluding hydrogens is 400 g/mol. The van der Waals surface area contributed by atoms with E-state index in [9.17, 15) is 14.4 Å². The Labute approximate surface area is 188 Å². The average Bonchev–Trinajstić information content (AvgIpc) is 3.08. The zero-order chi connectivity index (χ0) is 22.8. The molecule has 1 fully saturated rings. The molecule has 1 aliphatic rings. The Morgan fingerprint density at radius 3 is 1.88 bits per heavy atom. The van der Waals surface area contributed by atoms with E-state index in [4.69, 9.17) is 0 Å². The van der Waals surface area contributed by atoms with E-state index in [1.54, 1.807) is 24.3 Å². The molecule has 0 aromatic heterocycles. The zero-order valence-corrected chi connectivity index (χ0v) is 18.5. The molecule has 32 heavy (non-hydrogen) atoms. The van der Waals surface area contributed by atoms with Crippen molar-refractivity contribution < 1.29 is 14.4 Å². The van der Waals surface area contributed by atoms with Crippen LogP contribution in [0.3, 0.4) is 0 Å². The highest BCUT2D eigenvalue weighted by Crippen LogP contribution is 2.28. The number of hydrogen-bond acceptors (Lipinski definition) is 3. The number of carbonyl (C=O) groups excluding carboxylic acids is 3. The first-order chi connectivity index (χ1) is 15.3. The van der Waals surface area contributed by atoms with Crippen LogP contribution in [0.5, 0.6) is 0 Å². The van der Waals surface area contributed by atoms with Crippen LogP contribution in [0.2, 0.25) is 0 Å². The van der Waals surface area contributed by atoms with Gasteiger partial charge in [-0.2, -0.15) is 0 Å². The van der Waals surface area contributed by atoms with Crippen LogP contribution in [-0.2, 0) is 16.1 Å². The molecule has 3 aromatic rings. The molecule has 0 N–H and O–H groups in total. The Balaban J connectivity index is 1.68. The third-order valence-electron chi connectivity index (χ3n) is 5.82. The summed E-state index contributed by atoms with van der Waals surface area (Å²) >= 11 is 0. The molecule has 0 saturated carbocycles. The van der Waals surface area contributed by atoms with E-state index >= 15 is 0 Å². The van der Waals surface area contributed by atoms with E-state index in [1.165, 1.54) is 9.80 Å². The smallest absolute Gasteiger partial charge is 0.257 e. The predicted octanol–water partition coefficient (Wildman–Crippen LogP) is 4.59. The summed E-state index contributed by atoms with van der Waals surface area (Å²) in [5.74, 6) is -0.927. The molecular formula is C27H26N2O3. The number of imide groups is 1. The molecule has 5 heteroatoms. The summed E-state index contributed by atoms with van der Waals surface area (Å²) in [7, 11) is 0. The van der Waals surface area contributed by atoms with Crippen molar-refractivity contribution in [3.63, 3.8) is 0 Å². The maximum absolute atomic E-state index is 13.5. The fourth-order valence-corrected chi connectivity index (χ4v) is 3.90. The first kappa shape index (κ1) is 21.5. The third kappa shape index (κ3) is 4.33. The number of hydrogen-bond donors (Lipinski definition) is 0. The lowest BCUT2D eigenvalue weighted by Crippen LogP contribution is -2.45. The van der Waals surface area contributed by atoms with E-state index in [-0.39, 0.29) is 30.7 Å². The topological polar surface area (TPSA) is 57.7 Å². The molecule has 5 nitrogen and oxygen atoms in total. The Morgan fingerprint density at radius 2 is 1.31 bits per heavy atom. The van der Waals surface area contributed by atoms with Crippen molar-refractivity contribution in [2.75, 3.05) is 4.90 Å². The van der Waals surface area contributed by atoms with Crippen molar-refractivity contribution in [1.29, 1.82) is 0 Å². The summed E-state index contributed by atoms with van der Waals surface area (Å²) in [5.41, 5.74) is 5.14. The van der Waals surface area contributed by atoms with Crippen molar-refractivity contribution >= 4 is 23.4 Å². The van der Waals surface area contributed by atoms with Gasteiger partial charge in [0.05, 0.1) is 12.1 Å². The lowest BCUT2D eigenvalue weighted by atomic mass is 10.1. The number of aryl methyl sites for hydroxylation is 3. The van der Waals surface area contributed by atoms with Gasteiger partial charge in [0, 0.05) is 12.1 Å². The minimum absolute atomic E-state index is 0.0316. The molecule has 0 radical (unpaired) electrons. The van der Waals surface area contributed by atoms with Crippen LogP contribution in [0, 0.1) is 20.8 Å². The van der Waals surface area contributed by atoms with Crippen LogP contribution in [0.1, 0.15) is 39.0 Å². The second-order valence-corrected chi connectivity index (χ2v) is 8.41. The summed E-state index contributed by atoms with van der Waals surface area (Å²) in [6.07, 6.45) is -0.0316. The Morgan fingerprint density at radius 1 is 0.812 bits per heavy atom. The molecule has 3 aromatic carbocycles. The largest absolute Gasteiger partial charge is 0.322 e. The Bertz CT molecular complexity index is 1150. The summed E-state index contributed by atoms with van der Waals surface area (Å²) in [4.78, 5) is 42.5. The number of nitrogens with zero attached hydrogens (tertiary/aromatic N) is 2. The molecule has 1 saturated heterocycles. The molecule has 1 aliphatic heterocycles. The van der Waals surface area contributed by atoms with Gasteiger partial charge in [-0.25, -0.2) is 4.90 Å². The minimum Gasteiger partial charge on any atom is -0.322 e. The van der Waals surface area contributed by atoms with Crippen molar-refractivity contribution in [1.82, 2.24) is 4.90 Å². The van der Waals surface area contributed by atoms with Crippen LogP contribution < -0.4 is 4.90 Å². The van der Waals surface area contributed by atoms with E-state index in [1.807, 2.05) is 69.3 Å². The summed E-state index contributed by atoms with van der Waals surface area (Å²) in [6.45, 7) is 6.15. The highest BCUT2D eigenvalue weighted by atomic mass is 16.2. The van der Waals surface area contributed by atoms with Gasteiger partial charge in [-0.1, -0.05) is 65.2 Å². The minimum atomic E-state index is -0.848. The maximum Gasteiger partial charge on any atom is 0.257 e. The standard InChI is InChI=1S/C27H26N2O3/c1-18-4-10-21(11-5-18)17-28(26(31)22-12-6-19(2)7-13-22)24-16-25(30)29(27(24)32)23-14-8-20(3)9-15-23/h4-15,24H,16-17H2,1-3H3. The number of carbonyl (C=O) groups is 3. The molecule has 1 atom stereocenters. The molecule has 1 heterocycles. The zero-order valence-electron chi connectivity index (χ0n) is 18.5. The fraction of sp³-hybridized carbons (Fsp3) is 0.222. The van der Waals surface area contributed by atoms with Gasteiger partial charge in [0.15, 0.2) is 0 Å². The van der Waals surface area contributed by atoms with Gasteiger partial charge >= 0.3 is 0 Å². The van der Waals surface area contributed by atoms with Crippen LogP contribution in [0.25, 0.3) is 0 Å².